The first-order chi connectivity index (χ1) is 12.2. The maximum absolute atomic E-state index is 5.72. The predicted octanol–water partition coefficient (Wildman–Crippen LogP) is 3.07. The number of ether oxygens (including phenoxy) is 2. The highest BCUT2D eigenvalue weighted by atomic mass is 16.5. The molecular formula is C18H21N5O2. The van der Waals surface area contributed by atoms with Crippen LogP contribution in [-0.4, -0.2) is 39.3 Å². The van der Waals surface area contributed by atoms with E-state index in [-0.39, 0.29) is 6.10 Å². The second kappa shape index (κ2) is 6.68. The number of fused-ring (bicyclic) bond motifs is 1. The second-order valence-corrected chi connectivity index (χ2v) is 6.26. The van der Waals surface area contributed by atoms with Gasteiger partial charge in [0, 0.05) is 6.61 Å². The molecule has 0 aliphatic carbocycles. The summed E-state index contributed by atoms with van der Waals surface area (Å²) in [6.45, 7) is 3.64. The molecule has 7 nitrogen and oxygen atoms in total. The summed E-state index contributed by atoms with van der Waals surface area (Å²) >= 11 is 0. The number of methoxy groups -OCH3 is 1. The Hall–Kier alpha value is -2.67. The van der Waals surface area contributed by atoms with Crippen LogP contribution in [0.4, 0.5) is 11.5 Å². The number of nitrogens with one attached hydrogen (secondary N) is 1. The zero-order valence-corrected chi connectivity index (χ0v) is 14.4. The number of aromatic nitrogens is 4. The molecule has 4 rings (SSSR count). The monoisotopic (exact) mass is 339 g/mol. The van der Waals surface area contributed by atoms with E-state index in [1.54, 1.807) is 19.8 Å². The Labute approximate surface area is 146 Å². The third-order valence-corrected chi connectivity index (χ3v) is 4.43. The molecule has 0 amide bonds. The van der Waals surface area contributed by atoms with Crippen LogP contribution in [-0.2, 0) is 11.3 Å². The Bertz CT molecular complexity index is 886. The Morgan fingerprint density at radius 2 is 2.24 bits per heavy atom. The number of hydrogen-bond acceptors (Lipinski definition) is 6. The molecule has 0 saturated carbocycles. The van der Waals surface area contributed by atoms with Gasteiger partial charge in [0.2, 0.25) is 0 Å². The number of hydrogen-bond donors (Lipinski definition) is 1. The molecule has 1 aromatic carbocycles. The number of nitrogens with zero attached hydrogens (tertiary/aromatic N) is 4. The van der Waals surface area contributed by atoms with Crippen molar-refractivity contribution in [1.29, 1.82) is 0 Å². The van der Waals surface area contributed by atoms with Crippen molar-refractivity contribution in [3.63, 3.8) is 0 Å². The fourth-order valence-corrected chi connectivity index (χ4v) is 3.16. The average molecular weight is 339 g/mol. The molecule has 1 N–H and O–H groups in total. The Kier molecular flexibility index (Phi) is 4.23. The van der Waals surface area contributed by atoms with Gasteiger partial charge in [0.15, 0.2) is 17.0 Å². The molecule has 25 heavy (non-hydrogen) atoms. The molecule has 0 spiro atoms. The van der Waals surface area contributed by atoms with Crippen molar-refractivity contribution in [3.05, 3.63) is 36.4 Å². The summed E-state index contributed by atoms with van der Waals surface area (Å²) in [5.74, 6) is 1.43. The molecule has 1 saturated heterocycles. The molecule has 130 valence electrons. The normalized spacial score (nSPS) is 17.1. The zero-order valence-electron chi connectivity index (χ0n) is 14.4. The van der Waals surface area contributed by atoms with E-state index in [0.29, 0.717) is 5.82 Å². The molecule has 3 aromatic rings. The Balaban J connectivity index is 1.66. The van der Waals surface area contributed by atoms with Gasteiger partial charge in [0.05, 0.1) is 31.8 Å². The standard InChI is InChI=1S/C18H21N5O2/c1-12-5-6-15(24-2)14(8-12)22-17-16-18(20-10-19-17)23(11-21-16)9-13-4-3-7-25-13/h5-6,8,10-11,13H,3-4,7,9H2,1-2H3,(H,19,20,22). The molecule has 1 atom stereocenters. The van der Waals surface area contributed by atoms with Gasteiger partial charge in [-0.25, -0.2) is 15.0 Å². The van der Waals surface area contributed by atoms with Crippen molar-refractivity contribution in [2.75, 3.05) is 19.0 Å². The molecule has 1 aliphatic heterocycles. The first kappa shape index (κ1) is 15.8. The quantitative estimate of drug-likeness (QED) is 0.770. The fourth-order valence-electron chi connectivity index (χ4n) is 3.16. The van der Waals surface area contributed by atoms with E-state index in [1.807, 2.05) is 29.7 Å². The van der Waals surface area contributed by atoms with Crippen molar-refractivity contribution in [2.24, 2.45) is 0 Å². The van der Waals surface area contributed by atoms with Crippen LogP contribution >= 0.6 is 0 Å². The number of rotatable bonds is 5. The maximum atomic E-state index is 5.72. The van der Waals surface area contributed by atoms with Gasteiger partial charge in [-0.05, 0) is 37.5 Å². The second-order valence-electron chi connectivity index (χ2n) is 6.26. The molecule has 0 bridgehead atoms. The smallest absolute Gasteiger partial charge is 0.165 e. The summed E-state index contributed by atoms with van der Waals surface area (Å²) in [6, 6.07) is 5.97. The maximum Gasteiger partial charge on any atom is 0.165 e. The third-order valence-electron chi connectivity index (χ3n) is 4.43. The Morgan fingerprint density at radius 1 is 1.32 bits per heavy atom. The first-order valence-electron chi connectivity index (χ1n) is 8.43. The van der Waals surface area contributed by atoms with Crippen LogP contribution in [0.15, 0.2) is 30.9 Å². The van der Waals surface area contributed by atoms with E-state index in [9.17, 15) is 0 Å². The predicted molar refractivity (Wildman–Crippen MR) is 95.3 cm³/mol. The number of benzene rings is 1. The van der Waals surface area contributed by atoms with Gasteiger partial charge in [0.1, 0.15) is 12.1 Å². The van der Waals surface area contributed by atoms with Gasteiger partial charge in [-0.1, -0.05) is 6.07 Å². The highest BCUT2D eigenvalue weighted by Crippen LogP contribution is 2.30. The summed E-state index contributed by atoms with van der Waals surface area (Å²) in [4.78, 5) is 13.3. The van der Waals surface area contributed by atoms with Crippen molar-refractivity contribution in [1.82, 2.24) is 19.5 Å². The lowest BCUT2D eigenvalue weighted by Crippen LogP contribution is -2.14. The molecule has 1 unspecified atom stereocenters. The molecule has 7 heteroatoms. The van der Waals surface area contributed by atoms with E-state index in [4.69, 9.17) is 9.47 Å². The summed E-state index contributed by atoms with van der Waals surface area (Å²) in [6.07, 6.45) is 5.80. The third kappa shape index (κ3) is 3.15. The summed E-state index contributed by atoms with van der Waals surface area (Å²) in [5.41, 5.74) is 3.54. The van der Waals surface area contributed by atoms with Gasteiger partial charge >= 0.3 is 0 Å². The molecule has 3 heterocycles. The van der Waals surface area contributed by atoms with Crippen LogP contribution in [0.2, 0.25) is 0 Å². The van der Waals surface area contributed by atoms with E-state index in [1.165, 1.54) is 0 Å². The number of anilines is 2. The van der Waals surface area contributed by atoms with E-state index in [2.05, 4.69) is 20.3 Å². The first-order valence-corrected chi connectivity index (χ1v) is 8.43. The van der Waals surface area contributed by atoms with Gasteiger partial charge < -0.3 is 19.4 Å². The van der Waals surface area contributed by atoms with Crippen LogP contribution in [0.5, 0.6) is 5.75 Å². The van der Waals surface area contributed by atoms with Crippen molar-refractivity contribution in [2.45, 2.75) is 32.4 Å². The lowest BCUT2D eigenvalue weighted by atomic mass is 10.2. The molecule has 1 aliphatic rings. The highest BCUT2D eigenvalue weighted by Gasteiger charge is 2.19. The van der Waals surface area contributed by atoms with Crippen LogP contribution < -0.4 is 10.1 Å². The van der Waals surface area contributed by atoms with Gasteiger partial charge in [-0.2, -0.15) is 0 Å². The largest absolute Gasteiger partial charge is 0.495 e. The van der Waals surface area contributed by atoms with Gasteiger partial charge in [-0.15, -0.1) is 0 Å². The minimum absolute atomic E-state index is 0.237. The van der Waals surface area contributed by atoms with Gasteiger partial charge in [-0.3, -0.25) is 0 Å². The lowest BCUT2D eigenvalue weighted by Gasteiger charge is -2.12. The van der Waals surface area contributed by atoms with Crippen molar-refractivity contribution >= 4 is 22.7 Å². The minimum atomic E-state index is 0.237. The Morgan fingerprint density at radius 3 is 3.04 bits per heavy atom. The van der Waals surface area contributed by atoms with Crippen LogP contribution in [0.1, 0.15) is 18.4 Å². The summed E-state index contributed by atoms with van der Waals surface area (Å²) in [7, 11) is 1.65. The average Bonchev–Trinajstić information content (AvgIpc) is 3.27. The number of imidazole rings is 1. The van der Waals surface area contributed by atoms with Crippen LogP contribution in [0.25, 0.3) is 11.2 Å². The molecule has 0 radical (unpaired) electrons. The van der Waals surface area contributed by atoms with E-state index < -0.39 is 0 Å². The van der Waals surface area contributed by atoms with Gasteiger partial charge in [0.25, 0.3) is 0 Å². The topological polar surface area (TPSA) is 74.1 Å². The van der Waals surface area contributed by atoms with Crippen LogP contribution in [0.3, 0.4) is 0 Å². The molecule has 2 aromatic heterocycles. The lowest BCUT2D eigenvalue weighted by molar-refractivity contribution is 0.0978. The highest BCUT2D eigenvalue weighted by molar-refractivity contribution is 5.86. The minimum Gasteiger partial charge on any atom is -0.495 e. The van der Waals surface area contributed by atoms with Crippen LogP contribution in [0, 0.1) is 6.92 Å². The van der Waals surface area contributed by atoms with Crippen molar-refractivity contribution in [3.8, 4) is 5.75 Å². The summed E-state index contributed by atoms with van der Waals surface area (Å²) < 4.78 is 13.2. The fraction of sp³-hybridized carbons (Fsp3) is 0.389. The van der Waals surface area contributed by atoms with Crippen molar-refractivity contribution < 1.29 is 9.47 Å². The molecule has 1 fully saturated rings. The van der Waals surface area contributed by atoms with E-state index >= 15 is 0 Å². The molecular weight excluding hydrogens is 318 g/mol. The van der Waals surface area contributed by atoms with E-state index in [0.717, 1.165) is 54.2 Å². The summed E-state index contributed by atoms with van der Waals surface area (Å²) in [5, 5.41) is 3.33. The number of aryl methyl sites for hydroxylation is 1. The zero-order chi connectivity index (χ0) is 17.2. The SMILES string of the molecule is COc1ccc(C)cc1Nc1ncnc2c1ncn2CC1CCCO1.